The zero-order valence-corrected chi connectivity index (χ0v) is 16.9. The fraction of sp³-hybridized carbons (Fsp3) is 0.0500. The highest BCUT2D eigenvalue weighted by Gasteiger charge is 2.27. The van der Waals surface area contributed by atoms with Crippen LogP contribution in [-0.2, 0) is 9.84 Å². The molecule has 3 aromatic heterocycles. The summed E-state index contributed by atoms with van der Waals surface area (Å²) in [6.45, 7) is 1.90. The smallest absolute Gasteiger partial charge is 0.229 e. The van der Waals surface area contributed by atoms with E-state index in [0.29, 0.717) is 5.82 Å². The molecule has 3 heterocycles. The van der Waals surface area contributed by atoms with Gasteiger partial charge in [-0.1, -0.05) is 41.1 Å². The van der Waals surface area contributed by atoms with E-state index < -0.39 is 9.84 Å². The van der Waals surface area contributed by atoms with E-state index in [2.05, 4.69) is 20.6 Å². The zero-order valence-electron chi connectivity index (χ0n) is 15.3. The van der Waals surface area contributed by atoms with Gasteiger partial charge in [0, 0.05) is 5.69 Å². The molecule has 9 heteroatoms. The molecule has 0 spiro atoms. The van der Waals surface area contributed by atoms with Gasteiger partial charge < -0.3 is 5.32 Å². The van der Waals surface area contributed by atoms with Crippen molar-refractivity contribution in [2.45, 2.75) is 16.8 Å². The first-order valence-corrected chi connectivity index (χ1v) is 11.2. The van der Waals surface area contributed by atoms with Crippen molar-refractivity contribution < 1.29 is 8.42 Å². The second-order valence-electron chi connectivity index (χ2n) is 6.53. The van der Waals surface area contributed by atoms with E-state index in [-0.39, 0.29) is 15.6 Å². The van der Waals surface area contributed by atoms with Gasteiger partial charge in [-0.3, -0.25) is 0 Å². The number of aromatic nitrogens is 4. The molecule has 7 nitrogen and oxygen atoms in total. The van der Waals surface area contributed by atoms with Crippen molar-refractivity contribution in [2.75, 3.05) is 5.32 Å². The monoisotopic (exact) mass is 421 g/mol. The lowest BCUT2D eigenvalue weighted by Gasteiger charge is -2.08. The van der Waals surface area contributed by atoms with E-state index in [1.807, 2.05) is 48.7 Å². The van der Waals surface area contributed by atoms with Crippen LogP contribution >= 0.6 is 11.3 Å². The lowest BCUT2D eigenvalue weighted by Crippen LogP contribution is -2.05. The molecule has 0 unspecified atom stereocenters. The zero-order chi connectivity index (χ0) is 20.0. The minimum atomic E-state index is -3.86. The van der Waals surface area contributed by atoms with Gasteiger partial charge in [0.25, 0.3) is 0 Å². The van der Waals surface area contributed by atoms with Gasteiger partial charge in [0.1, 0.15) is 0 Å². The highest BCUT2D eigenvalue weighted by Crippen LogP contribution is 2.32. The van der Waals surface area contributed by atoms with E-state index >= 15 is 0 Å². The van der Waals surface area contributed by atoms with E-state index in [1.54, 1.807) is 24.3 Å². The molecule has 0 aliphatic heterocycles. The summed E-state index contributed by atoms with van der Waals surface area (Å²) >= 11 is 1.50. The van der Waals surface area contributed by atoms with Gasteiger partial charge in [0.2, 0.25) is 14.9 Å². The summed E-state index contributed by atoms with van der Waals surface area (Å²) in [6.07, 6.45) is 0. The maximum absolute atomic E-state index is 13.2. The van der Waals surface area contributed by atoms with Crippen LogP contribution in [0.3, 0.4) is 0 Å². The van der Waals surface area contributed by atoms with E-state index in [0.717, 1.165) is 21.5 Å². The van der Waals surface area contributed by atoms with Crippen LogP contribution in [-0.4, -0.2) is 28.2 Å². The molecule has 0 radical (unpaired) electrons. The Balaban J connectivity index is 1.72. The lowest BCUT2D eigenvalue weighted by molar-refractivity contribution is 0.592. The molecule has 0 bridgehead atoms. The molecule has 0 aliphatic rings. The molecule has 0 fully saturated rings. The summed E-state index contributed by atoms with van der Waals surface area (Å²) in [6, 6.07) is 18.1. The molecule has 0 atom stereocenters. The molecular formula is C20H15N5O2S2. The van der Waals surface area contributed by atoms with Gasteiger partial charge in [-0.15, -0.1) is 16.4 Å². The molecule has 29 heavy (non-hydrogen) atoms. The first-order valence-electron chi connectivity index (χ1n) is 8.80. The lowest BCUT2D eigenvalue weighted by atomic mass is 10.2. The van der Waals surface area contributed by atoms with Crippen LogP contribution in [0.2, 0.25) is 0 Å². The molecular weight excluding hydrogens is 406 g/mol. The summed E-state index contributed by atoms with van der Waals surface area (Å²) in [7, 11) is -3.86. The average Bonchev–Trinajstić information content (AvgIpc) is 3.36. The summed E-state index contributed by atoms with van der Waals surface area (Å²) in [5, 5.41) is 13.1. The predicted octanol–water partition coefficient (Wildman–Crippen LogP) is 4.22. The van der Waals surface area contributed by atoms with Crippen LogP contribution in [0.4, 0.5) is 11.5 Å². The molecule has 0 saturated heterocycles. The molecule has 5 aromatic rings. The van der Waals surface area contributed by atoms with Crippen LogP contribution < -0.4 is 5.32 Å². The third kappa shape index (κ3) is 2.95. The first kappa shape index (κ1) is 17.8. The van der Waals surface area contributed by atoms with Crippen molar-refractivity contribution >= 4 is 48.5 Å². The minimum absolute atomic E-state index is 0.162. The second kappa shape index (κ2) is 6.64. The summed E-state index contributed by atoms with van der Waals surface area (Å²) < 4.78 is 28.7. The van der Waals surface area contributed by atoms with Crippen LogP contribution in [0.1, 0.15) is 5.56 Å². The molecule has 1 N–H and O–H groups in total. The van der Waals surface area contributed by atoms with Crippen LogP contribution in [0, 0.1) is 6.92 Å². The number of nitrogens with zero attached hydrogens (tertiary/aromatic N) is 4. The topological polar surface area (TPSA) is 89.2 Å². The maximum atomic E-state index is 13.2. The number of para-hydroxylation sites is 1. The van der Waals surface area contributed by atoms with Gasteiger partial charge in [-0.25, -0.2) is 13.4 Å². The van der Waals surface area contributed by atoms with Crippen molar-refractivity contribution in [2.24, 2.45) is 0 Å². The van der Waals surface area contributed by atoms with Crippen molar-refractivity contribution in [3.05, 3.63) is 71.6 Å². The van der Waals surface area contributed by atoms with Gasteiger partial charge in [-0.2, -0.15) is 4.52 Å². The number of thiophene rings is 1. The predicted molar refractivity (Wildman–Crippen MR) is 113 cm³/mol. The Kier molecular flexibility index (Phi) is 4.07. The van der Waals surface area contributed by atoms with Crippen molar-refractivity contribution in [1.29, 1.82) is 0 Å². The van der Waals surface area contributed by atoms with E-state index in [9.17, 15) is 8.42 Å². The Morgan fingerprint density at radius 2 is 1.76 bits per heavy atom. The fourth-order valence-electron chi connectivity index (χ4n) is 3.07. The SMILES string of the molecule is Cc1ccc(S(=O)(=O)c2nnn3c2nc(Nc2ccccc2)c2sccc23)cc1. The number of rotatable bonds is 4. The van der Waals surface area contributed by atoms with Gasteiger partial charge >= 0.3 is 0 Å². The number of hydrogen-bond donors (Lipinski definition) is 1. The van der Waals surface area contributed by atoms with Crippen LogP contribution in [0.15, 0.2) is 76.0 Å². The highest BCUT2D eigenvalue weighted by atomic mass is 32.2. The van der Waals surface area contributed by atoms with Gasteiger partial charge in [0.05, 0.1) is 15.1 Å². The third-order valence-corrected chi connectivity index (χ3v) is 7.12. The Morgan fingerprint density at radius 1 is 1.00 bits per heavy atom. The highest BCUT2D eigenvalue weighted by molar-refractivity contribution is 7.91. The van der Waals surface area contributed by atoms with Crippen molar-refractivity contribution in [1.82, 2.24) is 19.8 Å². The van der Waals surface area contributed by atoms with E-state index in [4.69, 9.17) is 0 Å². The third-order valence-electron chi connectivity index (χ3n) is 4.54. The van der Waals surface area contributed by atoms with Crippen LogP contribution in [0.5, 0.6) is 0 Å². The first-order chi connectivity index (χ1) is 14.0. The normalized spacial score (nSPS) is 11.9. The molecule has 2 aromatic carbocycles. The molecule has 5 rings (SSSR count). The standard InChI is InChI=1S/C20H15N5O2S2/c1-13-7-9-15(10-8-13)29(26,27)20-19-22-18(21-14-5-3-2-4-6-14)17-16(11-12-28-17)25(19)24-23-20/h2-12H,1H3,(H,21,22). The average molecular weight is 422 g/mol. The Labute approximate surface area is 170 Å². The number of anilines is 2. The van der Waals surface area contributed by atoms with Gasteiger partial charge in [-0.05, 0) is 42.6 Å². The fourth-order valence-corrected chi connectivity index (χ4v) is 5.12. The largest absolute Gasteiger partial charge is 0.339 e. The van der Waals surface area contributed by atoms with Gasteiger partial charge in [0.15, 0.2) is 11.5 Å². The Bertz CT molecular complexity index is 1440. The maximum Gasteiger partial charge on any atom is 0.229 e. The molecule has 0 aliphatic carbocycles. The molecule has 0 amide bonds. The Morgan fingerprint density at radius 3 is 2.52 bits per heavy atom. The second-order valence-corrected chi connectivity index (χ2v) is 9.31. The number of nitrogens with one attached hydrogen (secondary N) is 1. The van der Waals surface area contributed by atoms with Crippen molar-refractivity contribution in [3.63, 3.8) is 0 Å². The van der Waals surface area contributed by atoms with Crippen molar-refractivity contribution in [3.8, 4) is 0 Å². The van der Waals surface area contributed by atoms with Crippen LogP contribution in [0.25, 0.3) is 15.9 Å². The number of sulfone groups is 1. The quantitative estimate of drug-likeness (QED) is 0.467. The number of benzene rings is 2. The summed E-state index contributed by atoms with van der Waals surface area (Å²) in [5.41, 5.74) is 2.77. The Hall–Kier alpha value is -3.30. The van der Waals surface area contributed by atoms with E-state index in [1.165, 1.54) is 15.9 Å². The number of hydrogen-bond acceptors (Lipinski definition) is 7. The minimum Gasteiger partial charge on any atom is -0.339 e. The summed E-state index contributed by atoms with van der Waals surface area (Å²) in [4.78, 5) is 4.76. The molecule has 144 valence electrons. The summed E-state index contributed by atoms with van der Waals surface area (Å²) in [5.74, 6) is 0.566. The number of fused-ring (bicyclic) bond motifs is 3. The molecule has 0 saturated carbocycles. The number of aryl methyl sites for hydroxylation is 1.